The number of thiophene rings is 1. The highest BCUT2D eigenvalue weighted by molar-refractivity contribution is 9.12. The molecule has 0 aliphatic carbocycles. The van der Waals surface area contributed by atoms with Crippen molar-refractivity contribution < 1.29 is 23.1 Å². The van der Waals surface area contributed by atoms with Crippen LogP contribution in [-0.4, -0.2) is 38.7 Å². The highest BCUT2D eigenvalue weighted by Gasteiger charge is 2.37. The van der Waals surface area contributed by atoms with Crippen molar-refractivity contribution in [2.75, 3.05) is 13.2 Å². The van der Waals surface area contributed by atoms with Crippen LogP contribution in [0, 0.1) is 5.92 Å². The third-order valence-corrected chi connectivity index (χ3v) is 6.86. The maximum Gasteiger partial charge on any atom is 0.310 e. The quantitative estimate of drug-likeness (QED) is 0.751. The molecule has 6 nitrogen and oxygen atoms in total. The van der Waals surface area contributed by atoms with E-state index in [1.807, 2.05) is 0 Å². The van der Waals surface area contributed by atoms with Gasteiger partial charge in [-0.25, -0.2) is 13.1 Å². The highest BCUT2D eigenvalue weighted by Crippen LogP contribution is 2.35. The van der Waals surface area contributed by atoms with Crippen LogP contribution in [0.1, 0.15) is 0 Å². The van der Waals surface area contributed by atoms with Gasteiger partial charge in [0.2, 0.25) is 10.0 Å². The van der Waals surface area contributed by atoms with Crippen LogP contribution in [0.2, 0.25) is 0 Å². The van der Waals surface area contributed by atoms with Gasteiger partial charge in [0.15, 0.2) is 0 Å². The largest absolute Gasteiger partial charge is 0.481 e. The standard InChI is InChI=1S/C9H9Br2NO5S2/c10-7-1-6(8(11)18-7)19(15,16)12-5-3-17-2-4(5)9(13)14/h1,4-5,12H,2-3H2,(H,13,14). The highest BCUT2D eigenvalue weighted by atomic mass is 79.9. The van der Waals surface area contributed by atoms with Gasteiger partial charge >= 0.3 is 5.97 Å². The molecule has 2 N–H and O–H groups in total. The summed E-state index contributed by atoms with van der Waals surface area (Å²) < 4.78 is 32.9. The minimum absolute atomic E-state index is 0.0109. The normalized spacial score (nSPS) is 23.7. The molecule has 1 fully saturated rings. The van der Waals surface area contributed by atoms with E-state index in [1.54, 1.807) is 0 Å². The van der Waals surface area contributed by atoms with Gasteiger partial charge in [-0.2, -0.15) is 0 Å². The van der Waals surface area contributed by atoms with E-state index in [9.17, 15) is 13.2 Å². The number of carboxylic acids is 1. The summed E-state index contributed by atoms with van der Waals surface area (Å²) in [5.74, 6) is -1.94. The van der Waals surface area contributed by atoms with Crippen LogP contribution in [0.3, 0.4) is 0 Å². The van der Waals surface area contributed by atoms with Crippen molar-refractivity contribution in [3.8, 4) is 0 Å². The van der Waals surface area contributed by atoms with Crippen molar-refractivity contribution in [1.82, 2.24) is 4.72 Å². The summed E-state index contributed by atoms with van der Waals surface area (Å²) in [6.07, 6.45) is 0. The molecule has 1 aromatic heterocycles. The summed E-state index contributed by atoms with van der Waals surface area (Å²) >= 11 is 7.60. The predicted molar refractivity (Wildman–Crippen MR) is 75.8 cm³/mol. The van der Waals surface area contributed by atoms with E-state index in [2.05, 4.69) is 36.6 Å². The molecule has 1 aromatic rings. The molecule has 0 spiro atoms. The van der Waals surface area contributed by atoms with Crippen LogP contribution in [0.25, 0.3) is 0 Å². The number of hydrogen-bond donors (Lipinski definition) is 2. The molecule has 1 saturated heterocycles. The molecule has 0 aromatic carbocycles. The Morgan fingerprint density at radius 2 is 2.16 bits per heavy atom. The lowest BCUT2D eigenvalue weighted by atomic mass is 10.1. The van der Waals surface area contributed by atoms with Gasteiger partial charge in [0.1, 0.15) is 4.90 Å². The molecule has 1 aliphatic heterocycles. The fourth-order valence-corrected chi connectivity index (χ4v) is 6.76. The van der Waals surface area contributed by atoms with Crippen molar-refractivity contribution >= 4 is 59.2 Å². The second kappa shape index (κ2) is 5.78. The molecule has 106 valence electrons. The molecule has 19 heavy (non-hydrogen) atoms. The summed E-state index contributed by atoms with van der Waals surface area (Å²) in [6.45, 7) is 0.0656. The van der Waals surface area contributed by atoms with Crippen LogP contribution in [0.15, 0.2) is 18.5 Å². The lowest BCUT2D eigenvalue weighted by molar-refractivity contribution is -0.142. The zero-order valence-electron chi connectivity index (χ0n) is 9.30. The average molecular weight is 435 g/mol. The van der Waals surface area contributed by atoms with Crippen LogP contribution in [0.5, 0.6) is 0 Å². The molecule has 0 saturated carbocycles. The maximum atomic E-state index is 12.2. The molecular weight excluding hydrogens is 426 g/mol. The Hall–Kier alpha value is -0.000000000000000333. The smallest absolute Gasteiger partial charge is 0.310 e. The van der Waals surface area contributed by atoms with Gasteiger partial charge in [-0.1, -0.05) is 0 Å². The third-order valence-electron chi connectivity index (χ3n) is 2.62. The number of rotatable bonds is 4. The van der Waals surface area contributed by atoms with Gasteiger partial charge in [-0.05, 0) is 37.9 Å². The first kappa shape index (κ1) is 15.4. The topological polar surface area (TPSA) is 92.7 Å². The van der Waals surface area contributed by atoms with Crippen molar-refractivity contribution in [3.05, 3.63) is 13.6 Å². The molecule has 2 atom stereocenters. The Morgan fingerprint density at radius 1 is 1.47 bits per heavy atom. The van der Waals surface area contributed by atoms with Gasteiger partial charge in [-0.3, -0.25) is 4.79 Å². The first-order chi connectivity index (χ1) is 8.81. The summed E-state index contributed by atoms with van der Waals surface area (Å²) in [6, 6.07) is 0.705. The first-order valence-electron chi connectivity index (χ1n) is 5.09. The van der Waals surface area contributed by atoms with Gasteiger partial charge in [0, 0.05) is 0 Å². The number of nitrogens with one attached hydrogen (secondary N) is 1. The van der Waals surface area contributed by atoms with Gasteiger partial charge in [0.05, 0.1) is 32.7 Å². The molecule has 0 radical (unpaired) electrons. The van der Waals surface area contributed by atoms with E-state index in [0.29, 0.717) is 7.57 Å². The third kappa shape index (κ3) is 3.37. The van der Waals surface area contributed by atoms with Crippen molar-refractivity contribution in [3.63, 3.8) is 0 Å². The first-order valence-corrected chi connectivity index (χ1v) is 8.97. The van der Waals surface area contributed by atoms with Gasteiger partial charge in [0.25, 0.3) is 0 Å². The maximum absolute atomic E-state index is 12.2. The number of carboxylic acid groups (broad SMARTS) is 1. The van der Waals surface area contributed by atoms with E-state index in [4.69, 9.17) is 9.84 Å². The number of halogens is 2. The number of ether oxygens (including phenoxy) is 1. The van der Waals surface area contributed by atoms with Crippen molar-refractivity contribution in [2.45, 2.75) is 10.9 Å². The molecular formula is C9H9Br2NO5S2. The lowest BCUT2D eigenvalue weighted by Gasteiger charge is -2.15. The SMILES string of the molecule is O=C(O)C1COCC1NS(=O)(=O)c1cc(Br)sc1Br. The molecule has 1 aliphatic rings. The summed E-state index contributed by atoms with van der Waals surface area (Å²) in [5.41, 5.74) is 0. The number of sulfonamides is 1. The minimum atomic E-state index is -3.78. The van der Waals surface area contributed by atoms with Crippen LogP contribution < -0.4 is 4.72 Å². The Morgan fingerprint density at radius 3 is 2.68 bits per heavy atom. The minimum Gasteiger partial charge on any atom is -0.481 e. The predicted octanol–water partition coefficient (Wildman–Crippen LogP) is 1.65. The fraction of sp³-hybridized carbons (Fsp3) is 0.444. The molecule has 2 rings (SSSR count). The molecule has 10 heteroatoms. The molecule has 2 heterocycles. The Balaban J connectivity index is 2.22. The van der Waals surface area contributed by atoms with E-state index >= 15 is 0 Å². The second-order valence-corrected chi connectivity index (χ2v) is 9.33. The van der Waals surface area contributed by atoms with Gasteiger partial charge in [-0.15, -0.1) is 11.3 Å². The molecule has 2 unspecified atom stereocenters. The van der Waals surface area contributed by atoms with Crippen LogP contribution in [0.4, 0.5) is 0 Å². The summed E-state index contributed by atoms with van der Waals surface area (Å²) in [5, 5.41) is 8.98. The van der Waals surface area contributed by atoms with E-state index < -0.39 is 28.0 Å². The molecule has 0 amide bonds. The van der Waals surface area contributed by atoms with Crippen molar-refractivity contribution in [1.29, 1.82) is 0 Å². The Labute approximate surface area is 130 Å². The number of aliphatic carboxylic acids is 1. The lowest BCUT2D eigenvalue weighted by Crippen LogP contribution is -2.42. The monoisotopic (exact) mass is 433 g/mol. The van der Waals surface area contributed by atoms with Gasteiger partial charge < -0.3 is 9.84 Å². The van der Waals surface area contributed by atoms with Crippen LogP contribution >= 0.6 is 43.2 Å². The Bertz CT molecular complexity index is 600. The average Bonchev–Trinajstić information content (AvgIpc) is 2.84. The summed E-state index contributed by atoms with van der Waals surface area (Å²) in [7, 11) is -3.78. The number of carbonyl (C=O) groups is 1. The zero-order chi connectivity index (χ0) is 14.2. The fourth-order valence-electron chi connectivity index (χ4n) is 1.68. The van der Waals surface area contributed by atoms with E-state index in [0.717, 1.165) is 0 Å². The second-order valence-electron chi connectivity index (χ2n) is 3.90. The Kier molecular flexibility index (Phi) is 4.68. The number of hydrogen-bond acceptors (Lipinski definition) is 5. The van der Waals surface area contributed by atoms with Crippen LogP contribution in [-0.2, 0) is 19.6 Å². The van der Waals surface area contributed by atoms with E-state index in [-0.39, 0.29) is 18.1 Å². The molecule has 0 bridgehead atoms. The zero-order valence-corrected chi connectivity index (χ0v) is 14.1. The van der Waals surface area contributed by atoms with Crippen molar-refractivity contribution in [2.24, 2.45) is 5.92 Å². The summed E-state index contributed by atoms with van der Waals surface area (Å²) in [4.78, 5) is 11.1. The van der Waals surface area contributed by atoms with E-state index in [1.165, 1.54) is 17.4 Å².